The average molecular weight is 222 g/mol. The van der Waals surface area contributed by atoms with Crippen molar-refractivity contribution < 1.29 is 4.39 Å². The van der Waals surface area contributed by atoms with E-state index in [1.54, 1.807) is 16.8 Å². The molecule has 2 nitrogen and oxygen atoms in total. The minimum Gasteiger partial charge on any atom is -0.275 e. The fourth-order valence-electron chi connectivity index (χ4n) is 1.50. The summed E-state index contributed by atoms with van der Waals surface area (Å²) >= 11 is 4.24. The Morgan fingerprint density at radius 2 is 2.00 bits per heavy atom. The molecular weight excluding hydrogens is 211 g/mol. The zero-order chi connectivity index (χ0) is 10.8. The Kier molecular flexibility index (Phi) is 2.77. The molecule has 2 aromatic rings. The zero-order valence-corrected chi connectivity index (χ0v) is 9.21. The van der Waals surface area contributed by atoms with Gasteiger partial charge in [-0.1, -0.05) is 0 Å². The molecule has 0 amide bonds. The Bertz CT molecular complexity index is 462. The fraction of sp³-hybridized carbons (Fsp3) is 0.182. The average Bonchev–Trinajstić information content (AvgIpc) is 2.61. The van der Waals surface area contributed by atoms with Crippen molar-refractivity contribution in [2.45, 2.75) is 5.75 Å². The van der Waals surface area contributed by atoms with Gasteiger partial charge in [0.25, 0.3) is 0 Å². The lowest BCUT2D eigenvalue weighted by Crippen LogP contribution is -1.88. The highest BCUT2D eigenvalue weighted by molar-refractivity contribution is 7.79. The normalized spacial score (nSPS) is 10.6. The van der Waals surface area contributed by atoms with E-state index in [0.29, 0.717) is 5.75 Å². The lowest BCUT2D eigenvalue weighted by atomic mass is 10.1. The molecule has 0 N–H and O–H groups in total. The summed E-state index contributed by atoms with van der Waals surface area (Å²) in [6.07, 6.45) is 1.92. The molecule has 2 rings (SSSR count). The Balaban J connectivity index is 2.48. The van der Waals surface area contributed by atoms with E-state index in [1.165, 1.54) is 12.1 Å². The molecule has 1 heterocycles. The van der Waals surface area contributed by atoms with Gasteiger partial charge in [0.15, 0.2) is 0 Å². The van der Waals surface area contributed by atoms with E-state index in [9.17, 15) is 4.39 Å². The Morgan fingerprint density at radius 3 is 2.60 bits per heavy atom. The van der Waals surface area contributed by atoms with E-state index in [0.717, 1.165) is 16.8 Å². The van der Waals surface area contributed by atoms with E-state index in [2.05, 4.69) is 17.7 Å². The molecule has 15 heavy (non-hydrogen) atoms. The van der Waals surface area contributed by atoms with Crippen LogP contribution in [0.25, 0.3) is 11.3 Å². The second-order valence-corrected chi connectivity index (χ2v) is 3.66. The molecule has 0 bridgehead atoms. The summed E-state index contributed by atoms with van der Waals surface area (Å²) in [5.74, 6) is 0.391. The van der Waals surface area contributed by atoms with Gasteiger partial charge >= 0.3 is 0 Å². The third-order valence-electron chi connectivity index (χ3n) is 2.19. The number of hydrogen-bond donors (Lipinski definition) is 1. The molecule has 0 unspecified atom stereocenters. The van der Waals surface area contributed by atoms with E-state index < -0.39 is 0 Å². The van der Waals surface area contributed by atoms with Crippen LogP contribution in [-0.4, -0.2) is 9.78 Å². The fourth-order valence-corrected chi connectivity index (χ4v) is 1.74. The summed E-state index contributed by atoms with van der Waals surface area (Å²) in [7, 11) is 1.86. The maximum absolute atomic E-state index is 12.7. The largest absolute Gasteiger partial charge is 0.275 e. The molecule has 0 aliphatic carbocycles. The summed E-state index contributed by atoms with van der Waals surface area (Å²) in [6.45, 7) is 0. The number of thiol groups is 1. The van der Waals surface area contributed by atoms with E-state index in [-0.39, 0.29) is 5.82 Å². The molecule has 1 aromatic heterocycles. The molecule has 0 atom stereocenters. The van der Waals surface area contributed by atoms with Gasteiger partial charge in [0.05, 0.1) is 5.69 Å². The first kappa shape index (κ1) is 10.2. The van der Waals surface area contributed by atoms with Crippen molar-refractivity contribution in [3.05, 3.63) is 41.8 Å². The molecular formula is C11H11FN2S. The first-order valence-corrected chi connectivity index (χ1v) is 5.23. The summed E-state index contributed by atoms with van der Waals surface area (Å²) in [5, 5.41) is 4.33. The molecule has 0 radical (unpaired) electrons. The van der Waals surface area contributed by atoms with Crippen LogP contribution in [-0.2, 0) is 12.8 Å². The third kappa shape index (κ3) is 2.04. The number of nitrogens with zero attached hydrogens (tertiary/aromatic N) is 2. The van der Waals surface area contributed by atoms with Crippen LogP contribution in [0.5, 0.6) is 0 Å². The lowest BCUT2D eigenvalue weighted by molar-refractivity contribution is 0.628. The Hall–Kier alpha value is -1.29. The summed E-state index contributed by atoms with van der Waals surface area (Å²) in [6, 6.07) is 6.33. The molecule has 0 aliphatic heterocycles. The standard InChI is InChI=1S/C11H11FN2S/c1-14-6-9(7-15)11(13-14)8-2-4-10(12)5-3-8/h2-6,15H,7H2,1H3. The minimum atomic E-state index is -0.234. The quantitative estimate of drug-likeness (QED) is 0.773. The Labute approximate surface area is 93.1 Å². The maximum atomic E-state index is 12.7. The molecule has 0 fully saturated rings. The topological polar surface area (TPSA) is 17.8 Å². The highest BCUT2D eigenvalue weighted by Gasteiger charge is 2.08. The van der Waals surface area contributed by atoms with Gasteiger partial charge in [-0.3, -0.25) is 4.68 Å². The van der Waals surface area contributed by atoms with E-state index in [4.69, 9.17) is 0 Å². The van der Waals surface area contributed by atoms with Gasteiger partial charge < -0.3 is 0 Å². The molecule has 0 saturated carbocycles. The summed E-state index contributed by atoms with van der Waals surface area (Å²) in [4.78, 5) is 0. The number of benzene rings is 1. The number of aromatic nitrogens is 2. The SMILES string of the molecule is Cn1cc(CS)c(-c2ccc(F)cc2)n1. The van der Waals surface area contributed by atoms with Gasteiger partial charge in [-0.2, -0.15) is 17.7 Å². The van der Waals surface area contributed by atoms with Gasteiger partial charge in [-0.05, 0) is 24.3 Å². The second kappa shape index (κ2) is 4.06. The van der Waals surface area contributed by atoms with Crippen LogP contribution in [0.2, 0.25) is 0 Å². The van der Waals surface area contributed by atoms with Gasteiger partial charge in [-0.25, -0.2) is 4.39 Å². The van der Waals surface area contributed by atoms with E-state index >= 15 is 0 Å². The van der Waals surface area contributed by atoms with Crippen molar-refractivity contribution in [2.24, 2.45) is 7.05 Å². The number of aryl methyl sites for hydroxylation is 1. The number of rotatable bonds is 2. The van der Waals surface area contributed by atoms with Crippen molar-refractivity contribution in [3.63, 3.8) is 0 Å². The van der Waals surface area contributed by atoms with Gasteiger partial charge in [0, 0.05) is 30.1 Å². The molecule has 4 heteroatoms. The predicted molar refractivity (Wildman–Crippen MR) is 61.3 cm³/mol. The summed E-state index contributed by atoms with van der Waals surface area (Å²) < 4.78 is 14.5. The van der Waals surface area contributed by atoms with Gasteiger partial charge in [0.1, 0.15) is 5.82 Å². The number of halogens is 1. The van der Waals surface area contributed by atoms with Crippen LogP contribution < -0.4 is 0 Å². The number of hydrogen-bond acceptors (Lipinski definition) is 2. The van der Waals surface area contributed by atoms with Gasteiger partial charge in [-0.15, -0.1) is 0 Å². The van der Waals surface area contributed by atoms with Crippen molar-refractivity contribution in [1.82, 2.24) is 9.78 Å². The monoisotopic (exact) mass is 222 g/mol. The highest BCUT2D eigenvalue weighted by atomic mass is 32.1. The van der Waals surface area contributed by atoms with Gasteiger partial charge in [0.2, 0.25) is 0 Å². The van der Waals surface area contributed by atoms with Crippen molar-refractivity contribution in [1.29, 1.82) is 0 Å². The molecule has 0 saturated heterocycles. The first-order chi connectivity index (χ1) is 7.20. The zero-order valence-electron chi connectivity index (χ0n) is 8.31. The molecule has 0 spiro atoms. The van der Waals surface area contributed by atoms with Crippen LogP contribution in [0.1, 0.15) is 5.56 Å². The molecule has 0 aliphatic rings. The highest BCUT2D eigenvalue weighted by Crippen LogP contribution is 2.23. The molecule has 1 aromatic carbocycles. The minimum absolute atomic E-state index is 0.234. The predicted octanol–water partition coefficient (Wildman–Crippen LogP) is 2.66. The smallest absolute Gasteiger partial charge is 0.123 e. The van der Waals surface area contributed by atoms with Crippen LogP contribution in [0.15, 0.2) is 30.5 Å². The van der Waals surface area contributed by atoms with Crippen molar-refractivity contribution >= 4 is 12.6 Å². The first-order valence-electron chi connectivity index (χ1n) is 4.60. The molecule has 78 valence electrons. The van der Waals surface area contributed by atoms with Crippen LogP contribution in [0.4, 0.5) is 4.39 Å². The van der Waals surface area contributed by atoms with Crippen LogP contribution >= 0.6 is 12.6 Å². The van der Waals surface area contributed by atoms with Crippen molar-refractivity contribution in [3.8, 4) is 11.3 Å². The van der Waals surface area contributed by atoms with Crippen LogP contribution in [0, 0.1) is 5.82 Å². The van der Waals surface area contributed by atoms with E-state index in [1.807, 2.05) is 13.2 Å². The lowest BCUT2D eigenvalue weighted by Gasteiger charge is -1.99. The summed E-state index contributed by atoms with van der Waals surface area (Å²) in [5.41, 5.74) is 2.83. The second-order valence-electron chi connectivity index (χ2n) is 3.34. The Morgan fingerprint density at radius 1 is 1.33 bits per heavy atom. The third-order valence-corrected chi connectivity index (χ3v) is 2.53. The van der Waals surface area contributed by atoms with Crippen molar-refractivity contribution in [2.75, 3.05) is 0 Å². The van der Waals surface area contributed by atoms with Crippen LogP contribution in [0.3, 0.4) is 0 Å². The maximum Gasteiger partial charge on any atom is 0.123 e.